The Morgan fingerprint density at radius 2 is 1.78 bits per heavy atom. The van der Waals surface area contributed by atoms with Crippen molar-refractivity contribution in [2.75, 3.05) is 40.3 Å². The first-order valence-electron chi connectivity index (χ1n) is 17.1. The number of carbonyl (C=O) groups is 3. The molecule has 0 atom stereocenters. The van der Waals surface area contributed by atoms with Gasteiger partial charge in [0.2, 0.25) is 5.91 Å². The molecule has 12 heteroatoms. The van der Waals surface area contributed by atoms with E-state index < -0.39 is 11.4 Å². The van der Waals surface area contributed by atoms with Gasteiger partial charge in [-0.15, -0.1) is 0 Å². The highest BCUT2D eigenvalue weighted by atomic mass is 19.1. The number of aromatic amines is 1. The molecule has 2 aromatic carbocycles. The summed E-state index contributed by atoms with van der Waals surface area (Å²) in [4.78, 5) is 46.4. The van der Waals surface area contributed by atoms with Crippen molar-refractivity contribution in [2.24, 2.45) is 0 Å². The molecule has 3 amide bonds. The van der Waals surface area contributed by atoms with E-state index >= 15 is 8.78 Å². The lowest BCUT2D eigenvalue weighted by molar-refractivity contribution is -0.131. The number of ether oxygens (including phenoxy) is 1. The van der Waals surface area contributed by atoms with E-state index in [2.05, 4.69) is 10.1 Å². The molecule has 1 N–H and O–H groups in total. The highest BCUT2D eigenvalue weighted by Gasteiger charge is 2.30. The Morgan fingerprint density at radius 1 is 1.02 bits per heavy atom. The zero-order valence-corrected chi connectivity index (χ0v) is 29.3. The predicted octanol–water partition coefficient (Wildman–Crippen LogP) is 6.83. The average molecular weight is 687 g/mol. The molecular formula is C38H44F2N6O4. The fourth-order valence-electron chi connectivity index (χ4n) is 6.77. The third-order valence-corrected chi connectivity index (χ3v) is 9.35. The van der Waals surface area contributed by atoms with E-state index in [-0.39, 0.29) is 53.8 Å². The van der Waals surface area contributed by atoms with Gasteiger partial charge in [0, 0.05) is 76.6 Å². The van der Waals surface area contributed by atoms with Gasteiger partial charge in [0.05, 0.1) is 5.52 Å². The normalized spacial score (nSPS) is 15.7. The number of rotatable bonds is 7. The summed E-state index contributed by atoms with van der Waals surface area (Å²) < 4.78 is 39.6. The molecule has 0 radical (unpaired) electrons. The van der Waals surface area contributed by atoms with Gasteiger partial charge in [-0.1, -0.05) is 18.2 Å². The standard InChI is InChI=1S/C38H44F2N6O4/c1-38(2,3)50-37(49)44-17-11-24(12-18-44)27-10-9-25(20-31(27)39)28-21-29(34(40)35-30(28)22-32(42-35)36(48)43(4)5)26-8-6-15-45(23-26)33(47)13-19-46-16-7-14-41-46/h7-10,14,16,20-22,24,42H,6,11-13,15,17-19,23H2,1-5H3. The van der Waals surface area contributed by atoms with E-state index in [0.29, 0.717) is 78.7 Å². The minimum absolute atomic E-state index is 0.0545. The molecule has 0 unspecified atom stereocenters. The van der Waals surface area contributed by atoms with Crippen LogP contribution in [0.2, 0.25) is 0 Å². The molecule has 264 valence electrons. The van der Waals surface area contributed by atoms with Crippen molar-refractivity contribution in [2.45, 2.75) is 64.5 Å². The smallest absolute Gasteiger partial charge is 0.410 e. The van der Waals surface area contributed by atoms with Crippen LogP contribution >= 0.6 is 0 Å². The second-order valence-corrected chi connectivity index (χ2v) is 14.3. The minimum Gasteiger partial charge on any atom is -0.444 e. The van der Waals surface area contributed by atoms with Crippen LogP contribution in [0.1, 0.15) is 74.0 Å². The zero-order chi connectivity index (χ0) is 35.7. The molecule has 6 rings (SSSR count). The second kappa shape index (κ2) is 14.1. The molecule has 0 aliphatic carbocycles. The van der Waals surface area contributed by atoms with Crippen molar-refractivity contribution in [3.8, 4) is 11.1 Å². The number of fused-ring (bicyclic) bond motifs is 1. The quantitative estimate of drug-likeness (QED) is 0.230. The minimum atomic E-state index is -0.590. The first-order valence-corrected chi connectivity index (χ1v) is 17.1. The fraction of sp³-hybridized carbons (Fsp3) is 0.421. The number of piperidine rings is 1. The maximum absolute atomic E-state index is 16.4. The summed E-state index contributed by atoms with van der Waals surface area (Å²) in [6, 6.07) is 10.2. The van der Waals surface area contributed by atoms with E-state index in [4.69, 9.17) is 4.74 Å². The van der Waals surface area contributed by atoms with Crippen LogP contribution < -0.4 is 0 Å². The molecule has 0 bridgehead atoms. The van der Waals surface area contributed by atoms with E-state index in [0.717, 1.165) is 0 Å². The van der Waals surface area contributed by atoms with Crippen LogP contribution in [0.25, 0.3) is 27.6 Å². The largest absolute Gasteiger partial charge is 0.444 e. The number of aryl methyl sites for hydroxylation is 1. The Morgan fingerprint density at radius 3 is 2.44 bits per heavy atom. The molecule has 4 heterocycles. The van der Waals surface area contributed by atoms with Crippen LogP contribution in [-0.4, -0.2) is 93.2 Å². The third-order valence-electron chi connectivity index (χ3n) is 9.35. The van der Waals surface area contributed by atoms with Gasteiger partial charge >= 0.3 is 6.09 Å². The molecule has 0 spiro atoms. The van der Waals surface area contributed by atoms with Gasteiger partial charge in [-0.25, -0.2) is 13.6 Å². The van der Waals surface area contributed by atoms with Gasteiger partial charge in [-0.05, 0) is 92.5 Å². The highest BCUT2D eigenvalue weighted by molar-refractivity contribution is 6.04. The average Bonchev–Trinajstić information content (AvgIpc) is 3.78. The van der Waals surface area contributed by atoms with E-state index in [1.54, 1.807) is 65.2 Å². The summed E-state index contributed by atoms with van der Waals surface area (Å²) in [5.41, 5.74) is 2.37. The Bertz CT molecular complexity index is 1930. The van der Waals surface area contributed by atoms with Crippen molar-refractivity contribution in [1.82, 2.24) is 29.5 Å². The van der Waals surface area contributed by atoms with Crippen molar-refractivity contribution >= 4 is 34.4 Å². The lowest BCUT2D eigenvalue weighted by atomic mass is 9.87. The lowest BCUT2D eigenvalue weighted by Gasteiger charge is -2.33. The summed E-state index contributed by atoms with van der Waals surface area (Å²) >= 11 is 0. The molecule has 50 heavy (non-hydrogen) atoms. The van der Waals surface area contributed by atoms with Gasteiger partial charge in [-0.3, -0.25) is 14.3 Å². The molecule has 1 fully saturated rings. The molecule has 1 saturated heterocycles. The Balaban J connectivity index is 1.29. The molecule has 10 nitrogen and oxygen atoms in total. The fourth-order valence-corrected chi connectivity index (χ4v) is 6.77. The molecule has 0 saturated carbocycles. The van der Waals surface area contributed by atoms with Crippen molar-refractivity contribution in [1.29, 1.82) is 0 Å². The SMILES string of the molecule is CN(C)C(=O)c1cc2c(-c3ccc(C4CCN(C(=O)OC(C)(C)C)CC4)c(F)c3)cc(C3=CCCN(C(=O)CCn4cccn4)C3)c(F)c2[nH]1. The van der Waals surface area contributed by atoms with Crippen LogP contribution in [-0.2, 0) is 16.1 Å². The summed E-state index contributed by atoms with van der Waals surface area (Å²) in [5.74, 6) is -1.37. The summed E-state index contributed by atoms with van der Waals surface area (Å²) in [6.07, 6.45) is 7.05. The maximum atomic E-state index is 16.4. The number of nitrogens with one attached hydrogen (secondary N) is 1. The number of carbonyl (C=O) groups excluding carboxylic acids is 3. The number of amides is 3. The number of H-pyrrole nitrogens is 1. The number of nitrogens with zero attached hydrogens (tertiary/aromatic N) is 5. The van der Waals surface area contributed by atoms with Crippen molar-refractivity contribution < 1.29 is 27.9 Å². The Labute approximate surface area is 290 Å². The van der Waals surface area contributed by atoms with E-state index in [1.807, 2.05) is 32.9 Å². The van der Waals surface area contributed by atoms with Crippen LogP contribution in [0.5, 0.6) is 0 Å². The number of likely N-dealkylation sites (tertiary alicyclic amines) is 1. The monoisotopic (exact) mass is 686 g/mol. The second-order valence-electron chi connectivity index (χ2n) is 14.3. The number of hydrogen-bond donors (Lipinski definition) is 1. The van der Waals surface area contributed by atoms with E-state index in [9.17, 15) is 14.4 Å². The molecular weight excluding hydrogens is 642 g/mol. The summed E-state index contributed by atoms with van der Waals surface area (Å²) in [7, 11) is 3.24. The van der Waals surface area contributed by atoms with Gasteiger partial charge in [0.15, 0.2) is 5.82 Å². The summed E-state index contributed by atoms with van der Waals surface area (Å²) in [6.45, 7) is 7.60. The van der Waals surface area contributed by atoms with Crippen molar-refractivity contribution in [3.63, 3.8) is 0 Å². The van der Waals surface area contributed by atoms with Crippen LogP contribution in [0.3, 0.4) is 0 Å². The van der Waals surface area contributed by atoms with Gasteiger partial charge in [-0.2, -0.15) is 5.10 Å². The van der Waals surface area contributed by atoms with Gasteiger partial charge in [0.25, 0.3) is 5.91 Å². The third kappa shape index (κ3) is 7.44. The first-order chi connectivity index (χ1) is 23.8. The van der Waals surface area contributed by atoms with E-state index in [1.165, 1.54) is 11.0 Å². The highest BCUT2D eigenvalue weighted by Crippen LogP contribution is 2.39. The van der Waals surface area contributed by atoms with Crippen LogP contribution in [0.15, 0.2) is 54.9 Å². The maximum Gasteiger partial charge on any atom is 0.410 e. The number of halogens is 2. The number of aromatic nitrogens is 3. The predicted molar refractivity (Wildman–Crippen MR) is 187 cm³/mol. The van der Waals surface area contributed by atoms with Crippen LogP contribution in [0, 0.1) is 11.6 Å². The molecule has 4 aromatic rings. The number of hydrogen-bond acceptors (Lipinski definition) is 5. The Hall–Kier alpha value is -5.00. The molecule has 2 aliphatic heterocycles. The summed E-state index contributed by atoms with van der Waals surface area (Å²) in [5, 5.41) is 4.62. The topological polar surface area (TPSA) is 104 Å². The lowest BCUT2D eigenvalue weighted by Crippen LogP contribution is -2.41. The zero-order valence-electron chi connectivity index (χ0n) is 29.3. The van der Waals surface area contributed by atoms with Crippen molar-refractivity contribution in [3.05, 3.63) is 83.3 Å². The van der Waals surface area contributed by atoms with Gasteiger partial charge in [0.1, 0.15) is 17.1 Å². The van der Waals surface area contributed by atoms with Crippen LogP contribution in [0.4, 0.5) is 13.6 Å². The number of benzene rings is 2. The Kier molecular flexibility index (Phi) is 9.82. The molecule has 2 aromatic heterocycles. The first kappa shape index (κ1) is 34.8. The molecule has 2 aliphatic rings. The van der Waals surface area contributed by atoms with Gasteiger partial charge < -0.3 is 24.4 Å².